The van der Waals surface area contributed by atoms with Crippen molar-refractivity contribution in [2.24, 2.45) is 0 Å². The van der Waals surface area contributed by atoms with E-state index in [-0.39, 0.29) is 5.75 Å². The second-order valence-corrected chi connectivity index (χ2v) is 5.47. The fourth-order valence-electron chi connectivity index (χ4n) is 1.64. The van der Waals surface area contributed by atoms with Crippen molar-refractivity contribution in [1.29, 1.82) is 0 Å². The molecule has 2 aromatic rings. The number of fused-ring (bicyclic) bond motifs is 1. The van der Waals surface area contributed by atoms with Crippen LogP contribution in [0.1, 0.15) is 0 Å². The molecule has 0 fully saturated rings. The van der Waals surface area contributed by atoms with E-state index in [1.54, 1.807) is 12.1 Å². The van der Waals surface area contributed by atoms with E-state index in [0.717, 1.165) is 11.8 Å². The highest BCUT2D eigenvalue weighted by Gasteiger charge is 2.29. The standard InChI is InChI=1S/C13H16N2O5S/c16-6-13(7-17,8-18)15-11(19)5-21-12-14-9-3-1-2-4-10(9)20-12/h1-4,16-18H,5-8H2,(H,15,19). The number of carbonyl (C=O) groups excluding carboxylic acids is 1. The van der Waals surface area contributed by atoms with Crippen LogP contribution < -0.4 is 5.32 Å². The first kappa shape index (κ1) is 15.8. The maximum atomic E-state index is 11.8. The van der Waals surface area contributed by atoms with E-state index in [4.69, 9.17) is 19.7 Å². The topological polar surface area (TPSA) is 116 Å². The summed E-state index contributed by atoms with van der Waals surface area (Å²) in [6.45, 7) is -1.67. The van der Waals surface area contributed by atoms with E-state index in [2.05, 4.69) is 10.3 Å². The second-order valence-electron chi connectivity index (χ2n) is 4.54. The maximum absolute atomic E-state index is 11.8. The summed E-state index contributed by atoms with van der Waals surface area (Å²) in [5.74, 6) is -0.450. The van der Waals surface area contributed by atoms with Crippen LogP contribution in [0.4, 0.5) is 0 Å². The molecule has 2 rings (SSSR count). The largest absolute Gasteiger partial charge is 0.431 e. The minimum atomic E-state index is -1.42. The fraction of sp³-hybridized carbons (Fsp3) is 0.385. The minimum Gasteiger partial charge on any atom is -0.431 e. The van der Waals surface area contributed by atoms with Gasteiger partial charge in [0.05, 0.1) is 25.6 Å². The Morgan fingerprint density at radius 2 is 1.90 bits per heavy atom. The number of amides is 1. The molecule has 1 heterocycles. The number of aromatic nitrogens is 1. The molecule has 0 saturated carbocycles. The first-order chi connectivity index (χ1) is 10.1. The van der Waals surface area contributed by atoms with E-state index in [1.807, 2.05) is 12.1 Å². The molecule has 0 unspecified atom stereocenters. The van der Waals surface area contributed by atoms with Gasteiger partial charge in [-0.25, -0.2) is 4.98 Å². The van der Waals surface area contributed by atoms with Gasteiger partial charge in [-0.15, -0.1) is 0 Å². The predicted molar refractivity (Wildman–Crippen MR) is 76.9 cm³/mol. The van der Waals surface area contributed by atoms with Gasteiger partial charge in [0.1, 0.15) is 11.1 Å². The van der Waals surface area contributed by atoms with Gasteiger partial charge in [0.15, 0.2) is 5.58 Å². The number of hydrogen-bond acceptors (Lipinski definition) is 7. The summed E-state index contributed by atoms with van der Waals surface area (Å²) in [7, 11) is 0. The number of rotatable bonds is 7. The summed E-state index contributed by atoms with van der Waals surface area (Å²) >= 11 is 1.09. The zero-order valence-electron chi connectivity index (χ0n) is 11.2. The normalized spacial score (nSPS) is 11.8. The molecular weight excluding hydrogens is 296 g/mol. The summed E-state index contributed by atoms with van der Waals surface area (Å²) in [5.41, 5.74) is -0.0782. The van der Waals surface area contributed by atoms with Crippen LogP contribution in [0.25, 0.3) is 11.1 Å². The molecule has 0 radical (unpaired) electrons. The van der Waals surface area contributed by atoms with Gasteiger partial charge in [0, 0.05) is 0 Å². The lowest BCUT2D eigenvalue weighted by molar-refractivity contribution is -0.122. The number of thioether (sulfide) groups is 1. The summed E-state index contributed by atoms with van der Waals surface area (Å²) in [5, 5.41) is 30.2. The lowest BCUT2D eigenvalue weighted by Gasteiger charge is -2.28. The van der Waals surface area contributed by atoms with Crippen molar-refractivity contribution in [2.75, 3.05) is 25.6 Å². The molecule has 1 amide bonds. The first-order valence-corrected chi connectivity index (χ1v) is 7.23. The highest BCUT2D eigenvalue weighted by atomic mass is 32.2. The average molecular weight is 312 g/mol. The van der Waals surface area contributed by atoms with Crippen LogP contribution >= 0.6 is 11.8 Å². The number of aliphatic hydroxyl groups is 3. The van der Waals surface area contributed by atoms with Crippen LogP contribution in [0.2, 0.25) is 0 Å². The summed E-state index contributed by atoms with van der Waals surface area (Å²) in [4.78, 5) is 16.0. The van der Waals surface area contributed by atoms with Crippen LogP contribution in [0, 0.1) is 0 Å². The number of nitrogens with one attached hydrogen (secondary N) is 1. The third-order valence-corrected chi connectivity index (χ3v) is 3.74. The Morgan fingerprint density at radius 1 is 1.24 bits per heavy atom. The number of carbonyl (C=O) groups is 1. The summed E-state index contributed by atoms with van der Waals surface area (Å²) in [6.07, 6.45) is 0. The van der Waals surface area contributed by atoms with E-state index in [1.165, 1.54) is 0 Å². The third-order valence-electron chi connectivity index (χ3n) is 2.91. The molecule has 8 heteroatoms. The zero-order valence-corrected chi connectivity index (χ0v) is 12.0. The first-order valence-electron chi connectivity index (χ1n) is 6.24. The van der Waals surface area contributed by atoms with Crippen LogP contribution in [0.15, 0.2) is 33.9 Å². The molecule has 0 bridgehead atoms. The minimum absolute atomic E-state index is 0.00539. The van der Waals surface area contributed by atoms with E-state index in [0.29, 0.717) is 16.3 Å². The van der Waals surface area contributed by atoms with Crippen molar-refractivity contribution in [3.63, 3.8) is 0 Å². The smallest absolute Gasteiger partial charge is 0.257 e. The van der Waals surface area contributed by atoms with Crippen LogP contribution in [-0.4, -0.2) is 57.3 Å². The zero-order chi connectivity index (χ0) is 15.3. The Labute approximate surface area is 125 Å². The molecule has 7 nitrogen and oxygen atoms in total. The second kappa shape index (κ2) is 6.90. The lowest BCUT2D eigenvalue weighted by atomic mass is 10.0. The number of para-hydroxylation sites is 2. The fourth-order valence-corrected chi connectivity index (χ4v) is 2.28. The molecule has 0 aliphatic rings. The third kappa shape index (κ3) is 3.73. The summed E-state index contributed by atoms with van der Waals surface area (Å²) < 4.78 is 5.45. The van der Waals surface area contributed by atoms with Crippen molar-refractivity contribution in [2.45, 2.75) is 10.8 Å². The maximum Gasteiger partial charge on any atom is 0.257 e. The number of nitrogens with zero attached hydrogens (tertiary/aromatic N) is 1. The van der Waals surface area contributed by atoms with E-state index < -0.39 is 31.3 Å². The number of benzene rings is 1. The van der Waals surface area contributed by atoms with Gasteiger partial charge in [-0.1, -0.05) is 23.9 Å². The van der Waals surface area contributed by atoms with Crippen molar-refractivity contribution < 1.29 is 24.5 Å². The van der Waals surface area contributed by atoms with Gasteiger partial charge < -0.3 is 25.1 Å². The molecule has 4 N–H and O–H groups in total. The molecule has 114 valence electrons. The number of oxazole rings is 1. The molecular formula is C13H16N2O5S. The highest BCUT2D eigenvalue weighted by Crippen LogP contribution is 2.22. The Kier molecular flexibility index (Phi) is 5.18. The van der Waals surface area contributed by atoms with Gasteiger partial charge in [0.2, 0.25) is 5.91 Å². The number of aliphatic hydroxyl groups excluding tert-OH is 3. The predicted octanol–water partition coefficient (Wildman–Crippen LogP) is -0.248. The van der Waals surface area contributed by atoms with Crippen molar-refractivity contribution >= 4 is 28.8 Å². The highest BCUT2D eigenvalue weighted by molar-refractivity contribution is 7.99. The van der Waals surface area contributed by atoms with Gasteiger partial charge in [-0.2, -0.15) is 0 Å². The van der Waals surface area contributed by atoms with Crippen LogP contribution in [0.3, 0.4) is 0 Å². The van der Waals surface area contributed by atoms with Crippen LogP contribution in [-0.2, 0) is 4.79 Å². The van der Waals surface area contributed by atoms with Gasteiger partial charge in [-0.3, -0.25) is 4.79 Å². The SMILES string of the molecule is O=C(CSc1nc2ccccc2o1)NC(CO)(CO)CO. The average Bonchev–Trinajstić information content (AvgIpc) is 2.94. The monoisotopic (exact) mass is 312 g/mol. The van der Waals surface area contributed by atoms with E-state index >= 15 is 0 Å². The van der Waals surface area contributed by atoms with Crippen molar-refractivity contribution in [3.05, 3.63) is 24.3 Å². The quantitative estimate of drug-likeness (QED) is 0.521. The lowest BCUT2D eigenvalue weighted by Crippen LogP contribution is -2.57. The summed E-state index contributed by atoms with van der Waals surface area (Å²) in [6, 6.07) is 7.24. The Morgan fingerprint density at radius 3 is 2.52 bits per heavy atom. The molecule has 0 atom stereocenters. The molecule has 0 spiro atoms. The van der Waals surface area contributed by atoms with Crippen LogP contribution in [0.5, 0.6) is 0 Å². The number of hydrogen-bond donors (Lipinski definition) is 4. The Balaban J connectivity index is 1.94. The molecule has 0 saturated heterocycles. The molecule has 1 aromatic heterocycles. The molecule has 1 aromatic carbocycles. The Hall–Kier alpha value is -1.61. The Bertz CT molecular complexity index is 570. The van der Waals surface area contributed by atoms with Gasteiger partial charge in [0.25, 0.3) is 5.22 Å². The van der Waals surface area contributed by atoms with Gasteiger partial charge in [-0.05, 0) is 12.1 Å². The molecule has 0 aliphatic carbocycles. The van der Waals surface area contributed by atoms with Gasteiger partial charge >= 0.3 is 0 Å². The molecule has 0 aliphatic heterocycles. The van der Waals surface area contributed by atoms with Crippen molar-refractivity contribution in [3.8, 4) is 0 Å². The molecule has 21 heavy (non-hydrogen) atoms. The van der Waals surface area contributed by atoms with Crippen molar-refractivity contribution in [1.82, 2.24) is 10.3 Å². The van der Waals surface area contributed by atoms with E-state index in [9.17, 15) is 4.79 Å².